The van der Waals surface area contributed by atoms with E-state index in [1.54, 1.807) is 30.1 Å². The summed E-state index contributed by atoms with van der Waals surface area (Å²) in [7, 11) is 1.62. The van der Waals surface area contributed by atoms with Crippen molar-refractivity contribution in [2.75, 3.05) is 7.11 Å². The molecular formula is C24H25N3O3. The smallest absolute Gasteiger partial charge is 0.276 e. The van der Waals surface area contributed by atoms with Gasteiger partial charge in [-0.15, -0.1) is 0 Å². The maximum Gasteiger partial charge on any atom is 0.276 e. The monoisotopic (exact) mass is 403 g/mol. The Hall–Kier alpha value is -3.38. The van der Waals surface area contributed by atoms with Crippen molar-refractivity contribution in [1.29, 1.82) is 0 Å². The highest BCUT2D eigenvalue weighted by Crippen LogP contribution is 2.25. The second-order valence-electron chi connectivity index (χ2n) is 7.68. The molecule has 0 saturated carbocycles. The number of aliphatic hydroxyl groups is 1. The van der Waals surface area contributed by atoms with Crippen molar-refractivity contribution in [3.8, 4) is 17.0 Å². The largest absolute Gasteiger partial charge is 0.497 e. The summed E-state index contributed by atoms with van der Waals surface area (Å²) in [6.45, 7) is 6.19. The van der Waals surface area contributed by atoms with Crippen molar-refractivity contribution in [1.82, 2.24) is 14.2 Å². The quantitative estimate of drug-likeness (QED) is 0.550. The van der Waals surface area contributed by atoms with E-state index >= 15 is 0 Å². The van der Waals surface area contributed by atoms with Crippen LogP contribution < -0.4 is 10.3 Å². The molecule has 1 N–H and O–H groups in total. The number of fused-ring (bicyclic) bond motifs is 1. The third-order valence-corrected chi connectivity index (χ3v) is 5.41. The van der Waals surface area contributed by atoms with Crippen LogP contribution >= 0.6 is 0 Å². The Labute approximate surface area is 175 Å². The Morgan fingerprint density at radius 3 is 2.50 bits per heavy atom. The van der Waals surface area contributed by atoms with Crippen LogP contribution in [-0.4, -0.2) is 26.4 Å². The van der Waals surface area contributed by atoms with E-state index in [0.29, 0.717) is 11.2 Å². The lowest BCUT2D eigenvalue weighted by atomic mass is 9.95. The number of aromatic nitrogens is 3. The number of aryl methyl sites for hydroxylation is 3. The second kappa shape index (κ2) is 7.80. The highest BCUT2D eigenvalue weighted by molar-refractivity contribution is 5.66. The summed E-state index contributed by atoms with van der Waals surface area (Å²) in [4.78, 5) is 13.1. The van der Waals surface area contributed by atoms with E-state index in [0.717, 1.165) is 33.6 Å². The van der Waals surface area contributed by atoms with E-state index in [1.807, 2.05) is 45.0 Å². The van der Waals surface area contributed by atoms with Gasteiger partial charge >= 0.3 is 0 Å². The average Bonchev–Trinajstić information content (AvgIpc) is 3.15. The van der Waals surface area contributed by atoms with Gasteiger partial charge in [0.2, 0.25) is 0 Å². The van der Waals surface area contributed by atoms with Gasteiger partial charge in [-0.25, -0.2) is 4.52 Å². The lowest BCUT2D eigenvalue weighted by Crippen LogP contribution is -2.24. The SMILES string of the molecule is COc1cccc(-c2cc3c(=O)n(C[C@@H](O)c4c(C)cc(C)cc4C)ccn3n2)c1. The van der Waals surface area contributed by atoms with Gasteiger partial charge in [0.05, 0.1) is 25.5 Å². The fourth-order valence-corrected chi connectivity index (χ4v) is 4.09. The van der Waals surface area contributed by atoms with Crippen molar-refractivity contribution in [3.63, 3.8) is 0 Å². The molecule has 0 amide bonds. The molecule has 4 aromatic rings. The van der Waals surface area contributed by atoms with E-state index in [1.165, 1.54) is 4.57 Å². The zero-order valence-corrected chi connectivity index (χ0v) is 17.6. The molecule has 0 fully saturated rings. The molecule has 2 aromatic carbocycles. The molecule has 2 aromatic heterocycles. The minimum absolute atomic E-state index is 0.180. The van der Waals surface area contributed by atoms with Gasteiger partial charge in [0.15, 0.2) is 0 Å². The second-order valence-corrected chi connectivity index (χ2v) is 7.68. The maximum absolute atomic E-state index is 13.1. The van der Waals surface area contributed by atoms with Crippen LogP contribution in [0.25, 0.3) is 16.8 Å². The summed E-state index contributed by atoms with van der Waals surface area (Å²) in [5.74, 6) is 0.730. The van der Waals surface area contributed by atoms with Crippen LogP contribution in [0.1, 0.15) is 28.4 Å². The molecule has 0 aliphatic heterocycles. The van der Waals surface area contributed by atoms with Crippen LogP contribution in [0.5, 0.6) is 5.75 Å². The Balaban J connectivity index is 1.69. The van der Waals surface area contributed by atoms with Crippen LogP contribution in [0.3, 0.4) is 0 Å². The Morgan fingerprint density at radius 1 is 1.07 bits per heavy atom. The number of nitrogens with zero attached hydrogens (tertiary/aromatic N) is 3. The molecule has 6 nitrogen and oxygen atoms in total. The van der Waals surface area contributed by atoms with Crippen molar-refractivity contribution >= 4 is 5.52 Å². The van der Waals surface area contributed by atoms with Gasteiger partial charge in [0.1, 0.15) is 11.3 Å². The lowest BCUT2D eigenvalue weighted by molar-refractivity contribution is 0.153. The van der Waals surface area contributed by atoms with Crippen molar-refractivity contribution < 1.29 is 9.84 Å². The number of aliphatic hydroxyl groups excluding tert-OH is 1. The maximum atomic E-state index is 13.1. The number of hydrogen-bond donors (Lipinski definition) is 1. The lowest BCUT2D eigenvalue weighted by Gasteiger charge is -2.18. The predicted octanol–water partition coefficient (Wildman–Crippen LogP) is 3.83. The fraction of sp³-hybridized carbons (Fsp3) is 0.250. The standard InChI is InChI=1S/C24H25N3O3/c1-15-10-16(2)23(17(3)11-15)22(28)14-26-8-9-27-21(24(26)29)13-20(25-27)18-6-5-7-19(12-18)30-4/h5-13,22,28H,14H2,1-4H3/t22-/m1/s1. The zero-order valence-electron chi connectivity index (χ0n) is 17.6. The third-order valence-electron chi connectivity index (χ3n) is 5.41. The van der Waals surface area contributed by atoms with E-state index in [2.05, 4.69) is 17.2 Å². The molecule has 0 unspecified atom stereocenters. The number of hydrogen-bond acceptors (Lipinski definition) is 4. The van der Waals surface area contributed by atoms with E-state index in [4.69, 9.17) is 4.74 Å². The molecule has 0 bridgehead atoms. The average molecular weight is 403 g/mol. The minimum Gasteiger partial charge on any atom is -0.497 e. The van der Waals surface area contributed by atoms with Crippen molar-refractivity contribution in [2.24, 2.45) is 0 Å². The molecule has 0 aliphatic rings. The van der Waals surface area contributed by atoms with Crippen molar-refractivity contribution in [2.45, 2.75) is 33.4 Å². The first-order valence-electron chi connectivity index (χ1n) is 9.86. The summed E-state index contributed by atoms with van der Waals surface area (Å²) in [5.41, 5.74) is 5.91. The summed E-state index contributed by atoms with van der Waals surface area (Å²) in [6.07, 6.45) is 2.63. The predicted molar refractivity (Wildman–Crippen MR) is 117 cm³/mol. The first-order chi connectivity index (χ1) is 14.4. The number of benzene rings is 2. The number of methoxy groups -OCH3 is 1. The van der Waals surface area contributed by atoms with Crippen LogP contribution in [0.15, 0.2) is 59.7 Å². The van der Waals surface area contributed by atoms with Gasteiger partial charge in [-0.1, -0.05) is 29.8 Å². The molecule has 154 valence electrons. The fourth-order valence-electron chi connectivity index (χ4n) is 4.09. The summed E-state index contributed by atoms with van der Waals surface area (Å²) >= 11 is 0. The van der Waals surface area contributed by atoms with Gasteiger partial charge in [-0.05, 0) is 55.7 Å². The van der Waals surface area contributed by atoms with Gasteiger partial charge in [-0.2, -0.15) is 5.10 Å². The van der Waals surface area contributed by atoms with Gasteiger partial charge in [0, 0.05) is 18.0 Å². The number of ether oxygens (including phenoxy) is 1. The van der Waals surface area contributed by atoms with E-state index < -0.39 is 6.10 Å². The molecule has 0 radical (unpaired) electrons. The van der Waals surface area contributed by atoms with Crippen LogP contribution in [0.4, 0.5) is 0 Å². The Bertz CT molecular complexity index is 1260. The summed E-state index contributed by atoms with van der Waals surface area (Å²) < 4.78 is 8.39. The molecule has 0 aliphatic carbocycles. The zero-order chi connectivity index (χ0) is 21.4. The Morgan fingerprint density at radius 2 is 1.80 bits per heavy atom. The minimum atomic E-state index is -0.772. The molecule has 1 atom stereocenters. The highest BCUT2D eigenvalue weighted by atomic mass is 16.5. The normalized spacial score (nSPS) is 12.3. The molecule has 30 heavy (non-hydrogen) atoms. The van der Waals surface area contributed by atoms with Crippen LogP contribution in [0, 0.1) is 20.8 Å². The van der Waals surface area contributed by atoms with Gasteiger partial charge in [-0.3, -0.25) is 4.79 Å². The first-order valence-corrected chi connectivity index (χ1v) is 9.86. The topological polar surface area (TPSA) is 68.8 Å². The van der Waals surface area contributed by atoms with Crippen LogP contribution in [-0.2, 0) is 6.54 Å². The van der Waals surface area contributed by atoms with Crippen molar-refractivity contribution in [3.05, 3.63) is 87.5 Å². The van der Waals surface area contributed by atoms with E-state index in [9.17, 15) is 9.90 Å². The van der Waals surface area contributed by atoms with E-state index in [-0.39, 0.29) is 12.1 Å². The molecule has 6 heteroatoms. The molecule has 4 rings (SSSR count). The summed E-state index contributed by atoms with van der Waals surface area (Å²) in [5, 5.41) is 15.4. The summed E-state index contributed by atoms with van der Waals surface area (Å²) in [6, 6.07) is 13.4. The highest BCUT2D eigenvalue weighted by Gasteiger charge is 2.17. The molecular weight excluding hydrogens is 378 g/mol. The van der Waals surface area contributed by atoms with Gasteiger partial charge in [0.25, 0.3) is 5.56 Å². The van der Waals surface area contributed by atoms with Crippen LogP contribution in [0.2, 0.25) is 0 Å². The van der Waals surface area contributed by atoms with Gasteiger partial charge < -0.3 is 14.4 Å². The molecule has 0 saturated heterocycles. The molecule has 0 spiro atoms. The third kappa shape index (κ3) is 3.62. The first kappa shape index (κ1) is 19.9. The Kier molecular flexibility index (Phi) is 5.18. The molecule has 2 heterocycles. The number of rotatable bonds is 5.